The van der Waals surface area contributed by atoms with Gasteiger partial charge < -0.3 is 4.74 Å². The minimum atomic E-state index is -0.561. The average molecular weight is 289 g/mol. The van der Waals surface area contributed by atoms with E-state index in [0.29, 0.717) is 17.5 Å². The third-order valence-electron chi connectivity index (χ3n) is 2.22. The van der Waals surface area contributed by atoms with E-state index in [0.717, 1.165) is 0 Å². The van der Waals surface area contributed by atoms with E-state index in [1.807, 2.05) is 13.8 Å². The highest BCUT2D eigenvalue weighted by atomic mass is 79.9. The Morgan fingerprint density at radius 1 is 1.50 bits per heavy atom. The van der Waals surface area contributed by atoms with Crippen LogP contribution in [-0.4, -0.2) is 18.5 Å². The summed E-state index contributed by atoms with van der Waals surface area (Å²) >= 11 is 3.21. The fourth-order valence-electron chi connectivity index (χ4n) is 1.44. The van der Waals surface area contributed by atoms with Gasteiger partial charge in [0.15, 0.2) is 5.78 Å². The lowest BCUT2D eigenvalue weighted by molar-refractivity contribution is 0.0440. The summed E-state index contributed by atoms with van der Waals surface area (Å²) < 4.78 is 19.4. The first-order valence-corrected chi connectivity index (χ1v) is 6.00. The van der Waals surface area contributed by atoms with Crippen LogP contribution in [0, 0.1) is 5.82 Å². The molecule has 1 aromatic carbocycles. The van der Waals surface area contributed by atoms with Crippen LogP contribution < -0.4 is 0 Å². The highest BCUT2D eigenvalue weighted by molar-refractivity contribution is 9.10. The van der Waals surface area contributed by atoms with Crippen LogP contribution in [0.5, 0.6) is 0 Å². The second-order valence-corrected chi connectivity index (χ2v) is 4.26. The molecule has 0 saturated carbocycles. The molecule has 0 radical (unpaired) electrons. The van der Waals surface area contributed by atoms with Gasteiger partial charge in [-0.25, -0.2) is 4.39 Å². The zero-order chi connectivity index (χ0) is 12.1. The van der Waals surface area contributed by atoms with Crippen LogP contribution in [0.2, 0.25) is 0 Å². The van der Waals surface area contributed by atoms with Gasteiger partial charge in [-0.1, -0.05) is 22.9 Å². The van der Waals surface area contributed by atoms with Gasteiger partial charge in [0.1, 0.15) is 11.9 Å². The SMILES string of the molecule is CCOC(CC)C(=O)c1cc(Br)ccc1F. The maximum atomic E-state index is 13.5. The largest absolute Gasteiger partial charge is 0.370 e. The maximum Gasteiger partial charge on any atom is 0.194 e. The third kappa shape index (κ3) is 3.12. The maximum absolute atomic E-state index is 13.5. The number of ether oxygens (including phenoxy) is 1. The van der Waals surface area contributed by atoms with Crippen molar-refractivity contribution in [3.05, 3.63) is 34.1 Å². The predicted octanol–water partition coefficient (Wildman–Crippen LogP) is 3.59. The van der Waals surface area contributed by atoms with E-state index in [1.165, 1.54) is 12.1 Å². The second-order valence-electron chi connectivity index (χ2n) is 3.34. The van der Waals surface area contributed by atoms with E-state index in [-0.39, 0.29) is 11.3 Å². The summed E-state index contributed by atoms with van der Waals surface area (Å²) in [4.78, 5) is 12.0. The van der Waals surface area contributed by atoms with Gasteiger partial charge in [0, 0.05) is 11.1 Å². The number of hydrogen-bond acceptors (Lipinski definition) is 2. The molecule has 88 valence electrons. The molecule has 0 N–H and O–H groups in total. The highest BCUT2D eigenvalue weighted by Crippen LogP contribution is 2.18. The lowest BCUT2D eigenvalue weighted by Gasteiger charge is -2.14. The first kappa shape index (κ1) is 13.3. The third-order valence-corrected chi connectivity index (χ3v) is 2.72. The Labute approximate surface area is 103 Å². The molecule has 4 heteroatoms. The van der Waals surface area contributed by atoms with E-state index < -0.39 is 11.9 Å². The van der Waals surface area contributed by atoms with Crippen LogP contribution in [0.25, 0.3) is 0 Å². The van der Waals surface area contributed by atoms with Crippen molar-refractivity contribution < 1.29 is 13.9 Å². The Kier molecular flexibility index (Phi) is 5.09. The van der Waals surface area contributed by atoms with Gasteiger partial charge >= 0.3 is 0 Å². The molecule has 1 aromatic rings. The Morgan fingerprint density at radius 2 is 2.19 bits per heavy atom. The molecule has 1 unspecified atom stereocenters. The molecule has 0 saturated heterocycles. The molecule has 1 atom stereocenters. The number of benzene rings is 1. The van der Waals surface area contributed by atoms with Gasteiger partial charge in [0.25, 0.3) is 0 Å². The molecule has 0 amide bonds. The lowest BCUT2D eigenvalue weighted by Crippen LogP contribution is -2.24. The standard InChI is InChI=1S/C12H14BrFO2/c1-3-11(16-4-2)12(15)9-7-8(13)5-6-10(9)14/h5-7,11H,3-4H2,1-2H3. The molecule has 2 nitrogen and oxygen atoms in total. The molecule has 1 rings (SSSR count). The fourth-order valence-corrected chi connectivity index (χ4v) is 1.80. The Balaban J connectivity index is 2.98. The summed E-state index contributed by atoms with van der Waals surface area (Å²) in [5.41, 5.74) is 0.0784. The number of rotatable bonds is 5. The number of hydrogen-bond donors (Lipinski definition) is 0. The van der Waals surface area contributed by atoms with Crippen molar-refractivity contribution in [1.29, 1.82) is 0 Å². The molecule has 0 spiro atoms. The van der Waals surface area contributed by atoms with Crippen molar-refractivity contribution in [1.82, 2.24) is 0 Å². The smallest absolute Gasteiger partial charge is 0.194 e. The highest BCUT2D eigenvalue weighted by Gasteiger charge is 2.21. The summed E-state index contributed by atoms with van der Waals surface area (Å²) in [6.45, 7) is 4.10. The molecule has 0 fully saturated rings. The van der Waals surface area contributed by atoms with Gasteiger partial charge in [0.05, 0.1) is 5.56 Å². The summed E-state index contributed by atoms with van der Waals surface area (Å²) in [6.07, 6.45) is -0.0210. The van der Waals surface area contributed by atoms with Crippen LogP contribution >= 0.6 is 15.9 Å². The molecule has 0 aliphatic carbocycles. The topological polar surface area (TPSA) is 26.3 Å². The Morgan fingerprint density at radius 3 is 2.75 bits per heavy atom. The van der Waals surface area contributed by atoms with E-state index in [9.17, 15) is 9.18 Å². The van der Waals surface area contributed by atoms with E-state index in [4.69, 9.17) is 4.74 Å². The quantitative estimate of drug-likeness (QED) is 0.774. The van der Waals surface area contributed by atoms with Gasteiger partial charge in [-0.05, 0) is 31.5 Å². The second kappa shape index (κ2) is 6.11. The first-order chi connectivity index (χ1) is 7.60. The van der Waals surface area contributed by atoms with Crippen molar-refractivity contribution >= 4 is 21.7 Å². The summed E-state index contributed by atoms with van der Waals surface area (Å²) in [7, 11) is 0. The Hall–Kier alpha value is -0.740. The number of carbonyl (C=O) groups excluding carboxylic acids is 1. The average Bonchev–Trinajstić information content (AvgIpc) is 2.28. The van der Waals surface area contributed by atoms with Crippen LogP contribution in [0.15, 0.2) is 22.7 Å². The number of ketones is 1. The lowest BCUT2D eigenvalue weighted by atomic mass is 10.0. The predicted molar refractivity (Wildman–Crippen MR) is 64.1 cm³/mol. The van der Waals surface area contributed by atoms with Crippen LogP contribution in [0.1, 0.15) is 30.6 Å². The molecular formula is C12H14BrFO2. The van der Waals surface area contributed by atoms with E-state index in [1.54, 1.807) is 6.07 Å². The molecule has 0 aliphatic rings. The van der Waals surface area contributed by atoms with Crippen LogP contribution in [0.3, 0.4) is 0 Å². The summed E-state index contributed by atoms with van der Waals surface area (Å²) in [5.74, 6) is -0.811. The van der Waals surface area contributed by atoms with Gasteiger partial charge in [-0.15, -0.1) is 0 Å². The first-order valence-electron chi connectivity index (χ1n) is 5.21. The van der Waals surface area contributed by atoms with E-state index >= 15 is 0 Å². The number of Topliss-reactive ketones (excluding diaryl/α,β-unsaturated/α-hetero) is 1. The minimum Gasteiger partial charge on any atom is -0.370 e. The summed E-state index contributed by atoms with van der Waals surface area (Å²) in [6, 6.07) is 4.32. The number of carbonyl (C=O) groups is 1. The van der Waals surface area contributed by atoms with Crippen molar-refractivity contribution in [2.24, 2.45) is 0 Å². The van der Waals surface area contributed by atoms with Gasteiger partial charge in [-0.3, -0.25) is 4.79 Å². The fraction of sp³-hybridized carbons (Fsp3) is 0.417. The Bertz CT molecular complexity index is 379. The summed E-state index contributed by atoms with van der Waals surface area (Å²) in [5, 5.41) is 0. The molecule has 0 heterocycles. The minimum absolute atomic E-state index is 0.0784. The molecule has 16 heavy (non-hydrogen) atoms. The van der Waals surface area contributed by atoms with Crippen molar-refractivity contribution in [2.45, 2.75) is 26.4 Å². The van der Waals surface area contributed by atoms with Gasteiger partial charge in [0.2, 0.25) is 0 Å². The normalized spacial score (nSPS) is 12.5. The van der Waals surface area contributed by atoms with Crippen LogP contribution in [-0.2, 0) is 4.74 Å². The molecule has 0 bridgehead atoms. The van der Waals surface area contributed by atoms with Crippen molar-refractivity contribution in [2.75, 3.05) is 6.61 Å². The molecular weight excluding hydrogens is 275 g/mol. The monoisotopic (exact) mass is 288 g/mol. The molecule has 0 aliphatic heterocycles. The zero-order valence-corrected chi connectivity index (χ0v) is 10.9. The number of halogens is 2. The zero-order valence-electron chi connectivity index (χ0n) is 9.30. The van der Waals surface area contributed by atoms with E-state index in [2.05, 4.69) is 15.9 Å². The van der Waals surface area contributed by atoms with Crippen LogP contribution in [0.4, 0.5) is 4.39 Å². The van der Waals surface area contributed by atoms with Gasteiger partial charge in [-0.2, -0.15) is 0 Å². The molecule has 0 aromatic heterocycles. The van der Waals surface area contributed by atoms with Crippen molar-refractivity contribution in [3.63, 3.8) is 0 Å². The van der Waals surface area contributed by atoms with Crippen molar-refractivity contribution in [3.8, 4) is 0 Å².